The van der Waals surface area contributed by atoms with E-state index in [1.165, 1.54) is 6.92 Å². The molecule has 0 aromatic heterocycles. The van der Waals surface area contributed by atoms with E-state index in [1.54, 1.807) is 0 Å². The number of rotatable bonds is 1. The predicted molar refractivity (Wildman–Crippen MR) is 42.5 cm³/mol. The molecule has 0 radical (unpaired) electrons. The topological polar surface area (TPSA) is 81.6 Å². The summed E-state index contributed by atoms with van der Waals surface area (Å²) in [5, 5.41) is 24.0. The first-order valence-corrected chi connectivity index (χ1v) is 3.95. The van der Waals surface area contributed by atoms with Gasteiger partial charge in [-0.2, -0.15) is 0 Å². The predicted octanol–water partition coefficient (Wildman–Crippen LogP) is -2.18. The van der Waals surface area contributed by atoms with E-state index >= 15 is 0 Å². The average Bonchev–Trinajstić information content (AvgIpc) is 1.98. The van der Waals surface area contributed by atoms with Crippen molar-refractivity contribution in [3.63, 3.8) is 0 Å². The van der Waals surface area contributed by atoms with Gasteiger partial charge in [0, 0.05) is 20.0 Å². The summed E-state index contributed by atoms with van der Waals surface area (Å²) in [6.45, 7) is 2.25. The van der Waals surface area contributed by atoms with Crippen LogP contribution in [0.4, 0.5) is 0 Å². The zero-order valence-corrected chi connectivity index (χ0v) is 6.95. The maximum Gasteiger partial charge on any atom is 0.217 e. The number of aliphatic hydroxyl groups excluding tert-OH is 2. The standard InChI is InChI=1S/C7H14N2O3/c1-4(10)9-5-2-8-3-6(11)7(5)12/h5-8,11-12H,2-3H2,1H3,(H,9,10)/t5-,6-,7+/m1/s1. The van der Waals surface area contributed by atoms with Crippen molar-refractivity contribution in [1.82, 2.24) is 10.6 Å². The maximum atomic E-state index is 10.6. The summed E-state index contributed by atoms with van der Waals surface area (Å²) in [4.78, 5) is 10.6. The van der Waals surface area contributed by atoms with Crippen LogP contribution < -0.4 is 10.6 Å². The van der Waals surface area contributed by atoms with E-state index in [4.69, 9.17) is 0 Å². The highest BCUT2D eigenvalue weighted by Gasteiger charge is 2.30. The Bertz CT molecular complexity index is 174. The largest absolute Gasteiger partial charge is 0.389 e. The molecule has 5 nitrogen and oxygen atoms in total. The van der Waals surface area contributed by atoms with E-state index < -0.39 is 12.2 Å². The lowest BCUT2D eigenvalue weighted by Gasteiger charge is -2.32. The first-order valence-electron chi connectivity index (χ1n) is 3.95. The summed E-state index contributed by atoms with van der Waals surface area (Å²) in [7, 11) is 0. The Labute approximate surface area is 70.8 Å². The Morgan fingerprint density at radius 1 is 1.50 bits per heavy atom. The highest BCUT2D eigenvalue weighted by molar-refractivity contribution is 5.73. The van der Waals surface area contributed by atoms with Crippen molar-refractivity contribution in [1.29, 1.82) is 0 Å². The fourth-order valence-electron chi connectivity index (χ4n) is 1.29. The van der Waals surface area contributed by atoms with Crippen LogP contribution in [0.25, 0.3) is 0 Å². The summed E-state index contributed by atoms with van der Waals surface area (Å²) in [6, 6.07) is -0.383. The molecule has 70 valence electrons. The second kappa shape index (κ2) is 3.84. The number of hydrogen-bond acceptors (Lipinski definition) is 4. The minimum atomic E-state index is -0.866. The van der Waals surface area contributed by atoms with Crippen LogP contribution in [0, 0.1) is 0 Å². The van der Waals surface area contributed by atoms with E-state index in [0.717, 1.165) is 0 Å². The Morgan fingerprint density at radius 3 is 2.75 bits per heavy atom. The molecule has 1 heterocycles. The van der Waals surface area contributed by atoms with Crippen LogP contribution in [0.1, 0.15) is 6.92 Å². The van der Waals surface area contributed by atoms with Gasteiger partial charge in [0.25, 0.3) is 0 Å². The Balaban J connectivity index is 2.46. The molecule has 0 spiro atoms. The second-order valence-electron chi connectivity index (χ2n) is 3.02. The van der Waals surface area contributed by atoms with E-state index in [9.17, 15) is 15.0 Å². The Hall–Kier alpha value is -0.650. The van der Waals surface area contributed by atoms with E-state index in [2.05, 4.69) is 10.6 Å². The third-order valence-corrected chi connectivity index (χ3v) is 1.91. The first-order chi connectivity index (χ1) is 5.61. The minimum Gasteiger partial charge on any atom is -0.389 e. The van der Waals surface area contributed by atoms with Crippen molar-refractivity contribution in [2.45, 2.75) is 25.2 Å². The van der Waals surface area contributed by atoms with E-state index in [-0.39, 0.29) is 11.9 Å². The van der Waals surface area contributed by atoms with Gasteiger partial charge in [0.05, 0.1) is 12.1 Å². The summed E-state index contributed by atoms with van der Waals surface area (Å²) in [6.07, 6.45) is -1.66. The number of amides is 1. The third kappa shape index (κ3) is 2.17. The molecule has 0 aromatic carbocycles. The molecule has 1 aliphatic heterocycles. The highest BCUT2D eigenvalue weighted by Crippen LogP contribution is 2.03. The highest BCUT2D eigenvalue weighted by atomic mass is 16.3. The number of carbonyl (C=O) groups is 1. The van der Waals surface area contributed by atoms with Gasteiger partial charge in [-0.05, 0) is 0 Å². The smallest absolute Gasteiger partial charge is 0.217 e. The van der Waals surface area contributed by atoms with Crippen LogP contribution in [0.3, 0.4) is 0 Å². The monoisotopic (exact) mass is 174 g/mol. The van der Waals surface area contributed by atoms with Gasteiger partial charge in [0.15, 0.2) is 0 Å². The first kappa shape index (κ1) is 9.44. The Morgan fingerprint density at radius 2 is 2.17 bits per heavy atom. The molecule has 1 fully saturated rings. The summed E-state index contributed by atoms with van der Waals surface area (Å²) in [5.74, 6) is -0.199. The van der Waals surface area contributed by atoms with Crippen LogP contribution in [-0.2, 0) is 4.79 Å². The molecule has 4 N–H and O–H groups in total. The molecule has 12 heavy (non-hydrogen) atoms. The SMILES string of the molecule is CC(=O)N[C@@H]1CNC[C@@H](O)[C@H]1O. The molecule has 3 atom stereocenters. The number of hydrogen-bond donors (Lipinski definition) is 4. The molecule has 1 saturated heterocycles. The van der Waals surface area contributed by atoms with Gasteiger partial charge in [-0.3, -0.25) is 4.79 Å². The molecule has 0 bridgehead atoms. The van der Waals surface area contributed by atoms with E-state index in [0.29, 0.717) is 13.1 Å². The maximum absolute atomic E-state index is 10.6. The van der Waals surface area contributed by atoms with Crippen LogP contribution in [0.5, 0.6) is 0 Å². The normalized spacial score (nSPS) is 36.1. The second-order valence-corrected chi connectivity index (χ2v) is 3.02. The van der Waals surface area contributed by atoms with Gasteiger partial charge in [0.1, 0.15) is 6.10 Å². The lowest BCUT2D eigenvalue weighted by molar-refractivity contribution is -0.121. The van der Waals surface area contributed by atoms with Crippen molar-refractivity contribution in [3.05, 3.63) is 0 Å². The quantitative estimate of drug-likeness (QED) is 0.364. The van der Waals surface area contributed by atoms with Crippen molar-refractivity contribution in [2.24, 2.45) is 0 Å². The van der Waals surface area contributed by atoms with Gasteiger partial charge in [-0.25, -0.2) is 0 Å². The molecule has 1 rings (SSSR count). The zero-order valence-electron chi connectivity index (χ0n) is 6.95. The Kier molecular flexibility index (Phi) is 3.02. The molecule has 0 aromatic rings. The number of piperidine rings is 1. The van der Waals surface area contributed by atoms with Gasteiger partial charge in [0.2, 0.25) is 5.91 Å². The molecule has 5 heteroatoms. The van der Waals surface area contributed by atoms with Crippen LogP contribution >= 0.6 is 0 Å². The lowest BCUT2D eigenvalue weighted by Crippen LogP contribution is -2.59. The van der Waals surface area contributed by atoms with Crippen molar-refractivity contribution < 1.29 is 15.0 Å². The van der Waals surface area contributed by atoms with E-state index in [1.807, 2.05) is 0 Å². The van der Waals surface area contributed by atoms with Crippen LogP contribution in [-0.4, -0.2) is 47.5 Å². The molecular formula is C7H14N2O3. The minimum absolute atomic E-state index is 0.199. The summed E-state index contributed by atoms with van der Waals surface area (Å²) < 4.78 is 0. The van der Waals surface area contributed by atoms with Crippen LogP contribution in [0.2, 0.25) is 0 Å². The van der Waals surface area contributed by atoms with Gasteiger partial charge in [-0.15, -0.1) is 0 Å². The fourth-order valence-corrected chi connectivity index (χ4v) is 1.29. The molecule has 0 saturated carbocycles. The molecule has 1 aliphatic rings. The molecule has 0 aliphatic carbocycles. The zero-order chi connectivity index (χ0) is 9.14. The van der Waals surface area contributed by atoms with Gasteiger partial charge >= 0.3 is 0 Å². The summed E-state index contributed by atoms with van der Waals surface area (Å²) >= 11 is 0. The van der Waals surface area contributed by atoms with Crippen LogP contribution in [0.15, 0.2) is 0 Å². The van der Waals surface area contributed by atoms with Crippen molar-refractivity contribution >= 4 is 5.91 Å². The summed E-state index contributed by atoms with van der Waals surface area (Å²) in [5.41, 5.74) is 0. The molecule has 1 amide bonds. The van der Waals surface area contributed by atoms with Gasteiger partial charge < -0.3 is 20.8 Å². The number of aliphatic hydroxyl groups is 2. The number of β-amino-alcohol motifs (C(OH)–C–C–N with tert-alkyl or cyclic N) is 1. The van der Waals surface area contributed by atoms with Gasteiger partial charge in [-0.1, -0.05) is 0 Å². The molecule has 0 unspecified atom stereocenters. The molecular weight excluding hydrogens is 160 g/mol. The number of nitrogens with one attached hydrogen (secondary N) is 2. The van der Waals surface area contributed by atoms with Crippen molar-refractivity contribution in [3.8, 4) is 0 Å². The lowest BCUT2D eigenvalue weighted by atomic mass is 10.0. The number of carbonyl (C=O) groups excluding carboxylic acids is 1. The third-order valence-electron chi connectivity index (χ3n) is 1.91. The fraction of sp³-hybridized carbons (Fsp3) is 0.857. The van der Waals surface area contributed by atoms with Crippen molar-refractivity contribution in [2.75, 3.05) is 13.1 Å². The average molecular weight is 174 g/mol.